The highest BCUT2D eigenvalue weighted by Crippen LogP contribution is 2.65. The van der Waals surface area contributed by atoms with Crippen LogP contribution in [0.1, 0.15) is 112 Å². The van der Waals surface area contributed by atoms with E-state index in [1.807, 2.05) is 0 Å². The average Bonchev–Trinajstić information content (AvgIpc) is 3.05. The van der Waals surface area contributed by atoms with Crippen molar-refractivity contribution in [2.24, 2.45) is 58.7 Å². The monoisotopic (exact) mass is 402 g/mol. The summed E-state index contributed by atoms with van der Waals surface area (Å²) >= 11 is 0. The third-order valence-electron chi connectivity index (χ3n) is 11.1. The summed E-state index contributed by atoms with van der Waals surface area (Å²) in [7, 11) is 0. The van der Waals surface area contributed by atoms with Gasteiger partial charge in [0.2, 0.25) is 0 Å². The first-order chi connectivity index (χ1) is 13.8. The second kappa shape index (κ2) is 8.84. The van der Waals surface area contributed by atoms with Crippen LogP contribution >= 0.6 is 0 Å². The van der Waals surface area contributed by atoms with Gasteiger partial charge in [0.25, 0.3) is 0 Å². The molecule has 0 unspecified atom stereocenters. The Morgan fingerprint density at radius 3 is 2.34 bits per heavy atom. The minimum absolute atomic E-state index is 0.0103. The van der Waals surface area contributed by atoms with Crippen LogP contribution in [0.15, 0.2) is 0 Å². The molecule has 0 saturated heterocycles. The fourth-order valence-corrected chi connectivity index (χ4v) is 9.49. The molecule has 4 rings (SSSR count). The van der Waals surface area contributed by atoms with Crippen molar-refractivity contribution in [2.75, 3.05) is 0 Å². The molecule has 1 heteroatoms. The molecule has 1 N–H and O–H groups in total. The Hall–Kier alpha value is -0.0400. The van der Waals surface area contributed by atoms with Gasteiger partial charge in [0, 0.05) is 0 Å². The number of aliphatic hydroxyl groups is 1. The summed E-state index contributed by atoms with van der Waals surface area (Å²) in [5.74, 6) is 8.49. The van der Waals surface area contributed by atoms with Crippen LogP contribution in [0.2, 0.25) is 0 Å². The van der Waals surface area contributed by atoms with Gasteiger partial charge in [-0.2, -0.15) is 0 Å². The Balaban J connectivity index is 1.41. The molecule has 0 aliphatic heterocycles. The molecule has 29 heavy (non-hydrogen) atoms. The largest absolute Gasteiger partial charge is 0.393 e. The minimum Gasteiger partial charge on any atom is -0.393 e. The first kappa shape index (κ1) is 22.2. The second-order valence-electron chi connectivity index (χ2n) is 12.6. The van der Waals surface area contributed by atoms with Crippen molar-refractivity contribution in [3.05, 3.63) is 0 Å². The van der Waals surface area contributed by atoms with Crippen LogP contribution in [0.4, 0.5) is 0 Å². The molecule has 0 spiro atoms. The van der Waals surface area contributed by atoms with Crippen molar-refractivity contribution in [2.45, 2.75) is 118 Å². The zero-order valence-corrected chi connectivity index (χ0v) is 20.2. The molecule has 1 nitrogen and oxygen atoms in total. The standard InChI is InChI=1S/C28H50O/c1-6-20(18(2)3)8-7-19(4)26-13-14-27-25-11-9-21-17-22(29)10-12-23(21)24(25)15-16-28(26,27)5/h18-27,29H,6-17H2,1-5H3/t19-,20-,21+,22+,23+,24+,25+,26-,27-,28-/m1/s1. The van der Waals surface area contributed by atoms with Crippen molar-refractivity contribution in [1.82, 2.24) is 0 Å². The molecule has 4 aliphatic rings. The number of fused-ring (bicyclic) bond motifs is 5. The molecule has 168 valence electrons. The number of hydrogen-bond donors (Lipinski definition) is 1. The maximum atomic E-state index is 10.2. The van der Waals surface area contributed by atoms with Gasteiger partial charge in [0.05, 0.1) is 6.10 Å². The third kappa shape index (κ3) is 4.08. The molecule has 0 aromatic rings. The molecule has 0 amide bonds. The van der Waals surface area contributed by atoms with Crippen molar-refractivity contribution in [3.8, 4) is 0 Å². The summed E-state index contributed by atoms with van der Waals surface area (Å²) in [6.45, 7) is 12.6. The zero-order chi connectivity index (χ0) is 20.8. The van der Waals surface area contributed by atoms with Crippen molar-refractivity contribution >= 4 is 0 Å². The summed E-state index contributed by atoms with van der Waals surface area (Å²) in [6.07, 6.45) is 16.7. The summed E-state index contributed by atoms with van der Waals surface area (Å²) in [5, 5.41) is 10.2. The molecule has 0 aromatic heterocycles. The van der Waals surface area contributed by atoms with Gasteiger partial charge in [-0.15, -0.1) is 0 Å². The normalized spacial score (nSPS) is 46.7. The van der Waals surface area contributed by atoms with E-state index in [0.29, 0.717) is 5.41 Å². The van der Waals surface area contributed by atoms with Crippen molar-refractivity contribution in [1.29, 1.82) is 0 Å². The summed E-state index contributed by atoms with van der Waals surface area (Å²) in [6, 6.07) is 0. The first-order valence-electron chi connectivity index (χ1n) is 13.5. The van der Waals surface area contributed by atoms with Gasteiger partial charge < -0.3 is 5.11 Å². The lowest BCUT2D eigenvalue weighted by atomic mass is 9.49. The molecule has 10 atom stereocenters. The van der Waals surface area contributed by atoms with E-state index < -0.39 is 0 Å². The van der Waals surface area contributed by atoms with Crippen LogP contribution in [-0.2, 0) is 0 Å². The summed E-state index contributed by atoms with van der Waals surface area (Å²) < 4.78 is 0. The predicted molar refractivity (Wildman–Crippen MR) is 124 cm³/mol. The zero-order valence-electron chi connectivity index (χ0n) is 20.2. The lowest BCUT2D eigenvalue weighted by Gasteiger charge is -2.56. The molecule has 0 aromatic carbocycles. The lowest BCUT2D eigenvalue weighted by Crippen LogP contribution is -2.49. The minimum atomic E-state index is 0.0103. The Bertz CT molecular complexity index is 540. The first-order valence-corrected chi connectivity index (χ1v) is 13.5. The fraction of sp³-hybridized carbons (Fsp3) is 1.00. The Morgan fingerprint density at radius 1 is 0.862 bits per heavy atom. The Morgan fingerprint density at radius 2 is 1.62 bits per heavy atom. The highest BCUT2D eigenvalue weighted by molar-refractivity contribution is 5.06. The van der Waals surface area contributed by atoms with Gasteiger partial charge in [-0.25, -0.2) is 0 Å². The van der Waals surface area contributed by atoms with Crippen molar-refractivity contribution in [3.63, 3.8) is 0 Å². The molecule has 0 bridgehead atoms. The van der Waals surface area contributed by atoms with E-state index in [0.717, 1.165) is 66.1 Å². The van der Waals surface area contributed by atoms with Gasteiger partial charge in [-0.3, -0.25) is 0 Å². The SMILES string of the molecule is CC[C@H](CC[C@@H](C)[C@H]1CC[C@@H]2[C@H]3CC[C@H]4C[C@@H](O)CC[C@@H]4[C@@H]3CC[C@@]21C)C(C)C. The molecular formula is C28H50O. The highest BCUT2D eigenvalue weighted by Gasteiger charge is 2.57. The number of rotatable bonds is 6. The number of aliphatic hydroxyl groups excluding tert-OH is 1. The average molecular weight is 403 g/mol. The summed E-state index contributed by atoms with van der Waals surface area (Å²) in [4.78, 5) is 0. The Labute approximate surface area is 181 Å². The van der Waals surface area contributed by atoms with E-state index in [4.69, 9.17) is 0 Å². The van der Waals surface area contributed by atoms with E-state index in [-0.39, 0.29) is 6.10 Å². The van der Waals surface area contributed by atoms with Crippen LogP contribution in [-0.4, -0.2) is 11.2 Å². The highest BCUT2D eigenvalue weighted by atomic mass is 16.3. The molecule has 0 radical (unpaired) electrons. The Kier molecular flexibility index (Phi) is 6.75. The topological polar surface area (TPSA) is 20.2 Å². The molecule has 4 fully saturated rings. The van der Waals surface area contributed by atoms with E-state index in [1.54, 1.807) is 0 Å². The maximum Gasteiger partial charge on any atom is 0.0543 e. The maximum absolute atomic E-state index is 10.2. The third-order valence-corrected chi connectivity index (χ3v) is 11.1. The van der Waals surface area contributed by atoms with Gasteiger partial charge >= 0.3 is 0 Å². The second-order valence-corrected chi connectivity index (χ2v) is 12.6. The van der Waals surface area contributed by atoms with E-state index in [2.05, 4.69) is 34.6 Å². The smallest absolute Gasteiger partial charge is 0.0543 e. The van der Waals surface area contributed by atoms with Crippen LogP contribution in [0.25, 0.3) is 0 Å². The van der Waals surface area contributed by atoms with Crippen LogP contribution in [0, 0.1) is 58.7 Å². The summed E-state index contributed by atoms with van der Waals surface area (Å²) in [5.41, 5.74) is 0.626. The van der Waals surface area contributed by atoms with Crippen LogP contribution < -0.4 is 0 Å². The van der Waals surface area contributed by atoms with E-state index in [9.17, 15) is 5.11 Å². The van der Waals surface area contributed by atoms with E-state index in [1.165, 1.54) is 64.2 Å². The molecule has 4 saturated carbocycles. The predicted octanol–water partition coefficient (Wildman–Crippen LogP) is 7.71. The van der Waals surface area contributed by atoms with Gasteiger partial charge in [-0.1, -0.05) is 47.5 Å². The van der Waals surface area contributed by atoms with Crippen LogP contribution in [0.5, 0.6) is 0 Å². The van der Waals surface area contributed by atoms with E-state index >= 15 is 0 Å². The molecular weight excluding hydrogens is 352 g/mol. The van der Waals surface area contributed by atoms with Crippen molar-refractivity contribution < 1.29 is 5.11 Å². The molecule has 4 aliphatic carbocycles. The van der Waals surface area contributed by atoms with Gasteiger partial charge in [0.15, 0.2) is 0 Å². The van der Waals surface area contributed by atoms with Crippen LogP contribution in [0.3, 0.4) is 0 Å². The van der Waals surface area contributed by atoms with Gasteiger partial charge in [-0.05, 0) is 123 Å². The van der Waals surface area contributed by atoms with Gasteiger partial charge in [0.1, 0.15) is 0 Å². The lowest BCUT2D eigenvalue weighted by molar-refractivity contribution is -0.0823. The quantitative estimate of drug-likeness (QED) is 0.482. The number of hydrogen-bond acceptors (Lipinski definition) is 1. The fourth-order valence-electron chi connectivity index (χ4n) is 9.49. The molecule has 0 heterocycles.